The van der Waals surface area contributed by atoms with Crippen molar-refractivity contribution in [3.63, 3.8) is 0 Å². The average Bonchev–Trinajstić information content (AvgIpc) is 2.97. The second-order valence-electron chi connectivity index (χ2n) is 6.23. The lowest BCUT2D eigenvalue weighted by Gasteiger charge is -2.19. The monoisotopic (exact) mass is 365 g/mol. The van der Waals surface area contributed by atoms with Gasteiger partial charge in [-0.1, -0.05) is 24.4 Å². The molecule has 7 nitrogen and oxygen atoms in total. The van der Waals surface area contributed by atoms with Crippen LogP contribution in [0.5, 0.6) is 5.88 Å². The van der Waals surface area contributed by atoms with Crippen molar-refractivity contribution in [2.75, 3.05) is 11.3 Å². The Bertz CT molecular complexity index is 809. The van der Waals surface area contributed by atoms with Crippen LogP contribution in [-0.2, 0) is 10.0 Å². The van der Waals surface area contributed by atoms with E-state index in [1.165, 1.54) is 37.6 Å². The molecule has 2 aromatic heterocycles. The molecule has 1 aliphatic rings. The van der Waals surface area contributed by atoms with Gasteiger partial charge < -0.3 is 9.26 Å². The molecule has 0 bridgehead atoms. The van der Waals surface area contributed by atoms with Crippen molar-refractivity contribution < 1.29 is 17.7 Å². The molecule has 2 heterocycles. The molecule has 2 aromatic rings. The van der Waals surface area contributed by atoms with Gasteiger partial charge in [-0.05, 0) is 32.8 Å². The predicted octanol–water partition coefficient (Wildman–Crippen LogP) is 3.63. The summed E-state index contributed by atoms with van der Waals surface area (Å²) in [5.41, 5.74) is 1.62. The third-order valence-corrected chi connectivity index (χ3v) is 5.81. The molecule has 8 heteroatoms. The van der Waals surface area contributed by atoms with Gasteiger partial charge in [0.15, 0.2) is 0 Å². The number of hydrogen-bond donors (Lipinski definition) is 1. The molecule has 0 amide bonds. The van der Waals surface area contributed by atoms with E-state index in [0.29, 0.717) is 18.4 Å². The first kappa shape index (κ1) is 17.7. The van der Waals surface area contributed by atoms with Gasteiger partial charge in [0.1, 0.15) is 4.90 Å². The molecule has 1 aliphatic carbocycles. The molecule has 136 valence electrons. The zero-order valence-corrected chi connectivity index (χ0v) is 15.3. The Kier molecular flexibility index (Phi) is 5.27. The number of sulfonamides is 1. The molecule has 0 aliphatic heterocycles. The fourth-order valence-corrected chi connectivity index (χ4v) is 4.13. The standard InChI is InChI=1S/C17H23N3O4S/c1-3-23-15-10-9-14(11-18-15)25(21,22)20-17-12(2)16(19-24-17)13-7-5-4-6-8-13/h9-11,13,20H,3-8H2,1-2H3. The first-order valence-corrected chi connectivity index (χ1v) is 10.1. The summed E-state index contributed by atoms with van der Waals surface area (Å²) in [4.78, 5) is 4.04. The van der Waals surface area contributed by atoms with Crippen LogP contribution in [0, 0.1) is 6.92 Å². The van der Waals surface area contributed by atoms with E-state index in [1.54, 1.807) is 0 Å². The quantitative estimate of drug-likeness (QED) is 0.840. The number of hydrogen-bond acceptors (Lipinski definition) is 6. The maximum Gasteiger partial charge on any atom is 0.265 e. The molecule has 0 radical (unpaired) electrons. The summed E-state index contributed by atoms with van der Waals surface area (Å²) < 4.78 is 38.0. The maximum absolute atomic E-state index is 12.5. The Labute approximate surface area is 147 Å². The second-order valence-corrected chi connectivity index (χ2v) is 7.91. The second kappa shape index (κ2) is 7.43. The van der Waals surface area contributed by atoms with Crippen LogP contribution >= 0.6 is 0 Å². The Morgan fingerprint density at radius 3 is 2.68 bits per heavy atom. The molecule has 25 heavy (non-hydrogen) atoms. The van der Waals surface area contributed by atoms with Gasteiger partial charge in [0.25, 0.3) is 10.0 Å². The van der Waals surface area contributed by atoms with Crippen molar-refractivity contribution in [1.29, 1.82) is 0 Å². The normalized spacial score (nSPS) is 15.9. The van der Waals surface area contributed by atoms with Gasteiger partial charge in [0, 0.05) is 17.5 Å². The molecular formula is C17H23N3O4S. The highest BCUT2D eigenvalue weighted by molar-refractivity contribution is 7.92. The van der Waals surface area contributed by atoms with Crippen LogP contribution in [0.2, 0.25) is 0 Å². The smallest absolute Gasteiger partial charge is 0.265 e. The molecule has 0 saturated heterocycles. The molecule has 0 spiro atoms. The van der Waals surface area contributed by atoms with E-state index in [4.69, 9.17) is 9.26 Å². The molecule has 0 aromatic carbocycles. The summed E-state index contributed by atoms with van der Waals surface area (Å²) in [6.45, 7) is 4.15. The van der Waals surface area contributed by atoms with Gasteiger partial charge in [-0.25, -0.2) is 18.1 Å². The Morgan fingerprint density at radius 1 is 1.28 bits per heavy atom. The van der Waals surface area contributed by atoms with Crippen LogP contribution in [0.1, 0.15) is 56.2 Å². The number of nitrogens with zero attached hydrogens (tertiary/aromatic N) is 2. The van der Waals surface area contributed by atoms with Gasteiger partial charge in [-0.2, -0.15) is 0 Å². The van der Waals surface area contributed by atoms with Gasteiger partial charge in [0.2, 0.25) is 11.8 Å². The number of ether oxygens (including phenoxy) is 1. The zero-order chi connectivity index (χ0) is 17.9. The molecule has 1 N–H and O–H groups in total. The minimum Gasteiger partial charge on any atom is -0.478 e. The Morgan fingerprint density at radius 2 is 2.04 bits per heavy atom. The van der Waals surface area contributed by atoms with E-state index < -0.39 is 10.0 Å². The van der Waals surface area contributed by atoms with Crippen molar-refractivity contribution in [1.82, 2.24) is 10.1 Å². The van der Waals surface area contributed by atoms with Gasteiger partial charge in [0.05, 0.1) is 18.5 Å². The van der Waals surface area contributed by atoms with Gasteiger partial charge in [-0.15, -0.1) is 0 Å². The molecule has 1 fully saturated rings. The maximum atomic E-state index is 12.5. The summed E-state index contributed by atoms with van der Waals surface area (Å²) in [5.74, 6) is 0.911. The van der Waals surface area contributed by atoms with Crippen molar-refractivity contribution in [3.05, 3.63) is 29.6 Å². The first-order chi connectivity index (χ1) is 12.0. The van der Waals surface area contributed by atoms with Crippen LogP contribution in [0.25, 0.3) is 0 Å². The highest BCUT2D eigenvalue weighted by Crippen LogP contribution is 2.36. The zero-order valence-electron chi connectivity index (χ0n) is 14.5. The summed E-state index contributed by atoms with van der Waals surface area (Å²) in [6.07, 6.45) is 7.01. The number of nitrogens with one attached hydrogen (secondary N) is 1. The van der Waals surface area contributed by atoms with Crippen molar-refractivity contribution in [3.8, 4) is 5.88 Å². The summed E-state index contributed by atoms with van der Waals surface area (Å²) in [6, 6.07) is 2.98. The van der Waals surface area contributed by atoms with Crippen LogP contribution in [0.4, 0.5) is 5.88 Å². The molecular weight excluding hydrogens is 342 g/mol. The third kappa shape index (κ3) is 3.95. The van der Waals surface area contributed by atoms with Crippen LogP contribution < -0.4 is 9.46 Å². The van der Waals surface area contributed by atoms with Crippen molar-refractivity contribution in [2.24, 2.45) is 0 Å². The highest BCUT2D eigenvalue weighted by atomic mass is 32.2. The lowest BCUT2D eigenvalue weighted by Crippen LogP contribution is -2.14. The number of rotatable bonds is 6. The van der Waals surface area contributed by atoms with Gasteiger partial charge >= 0.3 is 0 Å². The topological polar surface area (TPSA) is 94.3 Å². The number of aromatic nitrogens is 2. The van der Waals surface area contributed by atoms with Gasteiger partial charge in [-0.3, -0.25) is 0 Å². The fourth-order valence-electron chi connectivity index (χ4n) is 3.14. The molecule has 0 atom stereocenters. The summed E-state index contributed by atoms with van der Waals surface area (Å²) >= 11 is 0. The molecule has 1 saturated carbocycles. The Balaban J connectivity index is 1.77. The Hall–Kier alpha value is -2.09. The van der Waals surface area contributed by atoms with Crippen LogP contribution in [-0.4, -0.2) is 25.2 Å². The van der Waals surface area contributed by atoms with E-state index >= 15 is 0 Å². The highest BCUT2D eigenvalue weighted by Gasteiger charge is 2.25. The van der Waals surface area contributed by atoms with E-state index in [1.807, 2.05) is 13.8 Å². The van der Waals surface area contributed by atoms with E-state index in [0.717, 1.165) is 24.1 Å². The number of anilines is 1. The first-order valence-electron chi connectivity index (χ1n) is 8.59. The summed E-state index contributed by atoms with van der Waals surface area (Å²) in [5, 5.41) is 4.12. The molecule has 3 rings (SSSR count). The van der Waals surface area contributed by atoms with Crippen LogP contribution in [0.15, 0.2) is 27.7 Å². The largest absolute Gasteiger partial charge is 0.478 e. The van der Waals surface area contributed by atoms with E-state index in [2.05, 4.69) is 14.9 Å². The number of pyridine rings is 1. The van der Waals surface area contributed by atoms with Crippen LogP contribution in [0.3, 0.4) is 0 Å². The minimum absolute atomic E-state index is 0.0472. The lowest BCUT2D eigenvalue weighted by atomic mass is 9.86. The SMILES string of the molecule is CCOc1ccc(S(=O)(=O)Nc2onc(C3CCCCC3)c2C)cn1. The van der Waals surface area contributed by atoms with Crippen molar-refractivity contribution in [2.45, 2.75) is 56.8 Å². The lowest BCUT2D eigenvalue weighted by molar-refractivity contribution is 0.326. The fraction of sp³-hybridized carbons (Fsp3) is 0.529. The predicted molar refractivity (Wildman–Crippen MR) is 93.3 cm³/mol. The van der Waals surface area contributed by atoms with Crippen molar-refractivity contribution >= 4 is 15.9 Å². The summed E-state index contributed by atoms with van der Waals surface area (Å²) in [7, 11) is -3.79. The third-order valence-electron chi connectivity index (χ3n) is 4.49. The average molecular weight is 365 g/mol. The molecule has 0 unspecified atom stereocenters. The minimum atomic E-state index is -3.79. The van der Waals surface area contributed by atoms with E-state index in [-0.39, 0.29) is 10.8 Å². The van der Waals surface area contributed by atoms with E-state index in [9.17, 15) is 8.42 Å².